The molecule has 0 aliphatic carbocycles. The van der Waals surface area contributed by atoms with Crippen molar-refractivity contribution >= 4 is 40.6 Å². The number of thiazole rings is 1. The monoisotopic (exact) mass is 427 g/mol. The second-order valence-electron chi connectivity index (χ2n) is 7.02. The van der Waals surface area contributed by atoms with Gasteiger partial charge in [-0.15, -0.1) is 23.1 Å². The molecular weight excluding hydrogens is 406 g/mol. The van der Waals surface area contributed by atoms with Gasteiger partial charge in [0.2, 0.25) is 5.91 Å². The van der Waals surface area contributed by atoms with Crippen LogP contribution in [0.1, 0.15) is 21.6 Å². The maximum absolute atomic E-state index is 13.0. The zero-order valence-corrected chi connectivity index (χ0v) is 18.0. The van der Waals surface area contributed by atoms with Crippen molar-refractivity contribution in [2.45, 2.75) is 19.9 Å². The van der Waals surface area contributed by atoms with Gasteiger partial charge in [-0.05, 0) is 37.1 Å². The zero-order valence-electron chi connectivity index (χ0n) is 16.4. The van der Waals surface area contributed by atoms with Crippen molar-refractivity contribution in [3.8, 4) is 10.6 Å². The number of amides is 2. The van der Waals surface area contributed by atoms with Crippen LogP contribution in [-0.2, 0) is 11.8 Å². The smallest absolute Gasteiger partial charge is 0.274 e. The lowest BCUT2D eigenvalue weighted by Crippen LogP contribution is -2.44. The number of thioether (sulfide) groups is 1. The second-order valence-corrected chi connectivity index (χ2v) is 8.88. The average molecular weight is 428 g/mol. The molecule has 1 aromatic carbocycles. The van der Waals surface area contributed by atoms with Crippen molar-refractivity contribution in [3.05, 3.63) is 52.8 Å². The fourth-order valence-electron chi connectivity index (χ4n) is 3.09. The van der Waals surface area contributed by atoms with E-state index < -0.39 is 6.04 Å². The number of rotatable bonds is 4. The highest BCUT2D eigenvalue weighted by atomic mass is 32.2. The van der Waals surface area contributed by atoms with Gasteiger partial charge in [0.15, 0.2) is 0 Å². The third-order valence-electron chi connectivity index (χ3n) is 4.90. The number of nitrogens with one attached hydrogen (secondary N) is 1. The third-order valence-corrected chi connectivity index (χ3v) is 6.80. The molecule has 0 bridgehead atoms. The van der Waals surface area contributed by atoms with Crippen LogP contribution in [0.15, 0.2) is 36.0 Å². The Morgan fingerprint density at radius 3 is 2.79 bits per heavy atom. The lowest BCUT2D eigenvalue weighted by molar-refractivity contribution is -0.119. The molecule has 0 spiro atoms. The van der Waals surface area contributed by atoms with Crippen molar-refractivity contribution in [2.24, 2.45) is 7.05 Å². The van der Waals surface area contributed by atoms with Crippen molar-refractivity contribution in [1.82, 2.24) is 19.7 Å². The number of hydrogen-bond donors (Lipinski definition) is 1. The molecule has 3 aromatic rings. The summed E-state index contributed by atoms with van der Waals surface area (Å²) in [5.41, 5.74) is 4.26. The lowest BCUT2D eigenvalue weighted by atomic mass is 10.1. The molecule has 2 amide bonds. The predicted molar refractivity (Wildman–Crippen MR) is 116 cm³/mol. The molecule has 29 heavy (non-hydrogen) atoms. The lowest BCUT2D eigenvalue weighted by Gasteiger charge is -2.22. The number of carbonyl (C=O) groups is 2. The SMILES string of the molecule is Cc1ccc(NC(=O)C2CSCN2C(=O)c2csc(-c3cnn(C)c3)n2)cc1C. The molecule has 0 radical (unpaired) electrons. The van der Waals surface area contributed by atoms with E-state index in [1.54, 1.807) is 32.9 Å². The predicted octanol–water partition coefficient (Wildman–Crippen LogP) is 3.31. The molecule has 1 aliphatic rings. The van der Waals surface area contributed by atoms with Crippen LogP contribution in [0.25, 0.3) is 10.6 Å². The van der Waals surface area contributed by atoms with Crippen LogP contribution >= 0.6 is 23.1 Å². The van der Waals surface area contributed by atoms with E-state index in [9.17, 15) is 9.59 Å². The van der Waals surface area contributed by atoms with Crippen LogP contribution in [0.2, 0.25) is 0 Å². The van der Waals surface area contributed by atoms with Crippen LogP contribution < -0.4 is 5.32 Å². The number of nitrogens with zero attached hydrogens (tertiary/aromatic N) is 4. The summed E-state index contributed by atoms with van der Waals surface area (Å²) in [7, 11) is 1.84. The molecule has 1 N–H and O–H groups in total. The first-order chi connectivity index (χ1) is 13.9. The fourth-order valence-corrected chi connectivity index (χ4v) is 5.01. The largest absolute Gasteiger partial charge is 0.324 e. The molecular formula is C20H21N5O2S2. The Morgan fingerprint density at radius 2 is 2.07 bits per heavy atom. The number of benzene rings is 1. The molecule has 7 nitrogen and oxygen atoms in total. The first kappa shape index (κ1) is 19.7. The summed E-state index contributed by atoms with van der Waals surface area (Å²) in [5.74, 6) is 0.655. The van der Waals surface area contributed by atoms with Crippen LogP contribution in [0, 0.1) is 13.8 Å². The van der Waals surface area contributed by atoms with E-state index in [1.807, 2.05) is 45.3 Å². The number of anilines is 1. The van der Waals surface area contributed by atoms with Crippen molar-refractivity contribution in [2.75, 3.05) is 16.9 Å². The Kier molecular flexibility index (Phi) is 5.42. The minimum absolute atomic E-state index is 0.172. The topological polar surface area (TPSA) is 80.1 Å². The molecule has 9 heteroatoms. The van der Waals surface area contributed by atoms with E-state index in [4.69, 9.17) is 0 Å². The van der Waals surface area contributed by atoms with E-state index in [1.165, 1.54) is 16.9 Å². The molecule has 1 aliphatic heterocycles. The van der Waals surface area contributed by atoms with Gasteiger partial charge in [0.1, 0.15) is 16.7 Å². The normalized spacial score (nSPS) is 16.2. The fraction of sp³-hybridized carbons (Fsp3) is 0.300. The first-order valence-corrected chi connectivity index (χ1v) is 11.2. The molecule has 1 saturated heterocycles. The zero-order chi connectivity index (χ0) is 20.5. The Labute approximate surface area is 177 Å². The second kappa shape index (κ2) is 8.00. The van der Waals surface area contributed by atoms with Gasteiger partial charge in [0, 0.05) is 35.6 Å². The summed E-state index contributed by atoms with van der Waals surface area (Å²) < 4.78 is 1.70. The van der Waals surface area contributed by atoms with Crippen LogP contribution in [-0.4, -0.2) is 49.2 Å². The van der Waals surface area contributed by atoms with Gasteiger partial charge in [0.05, 0.1) is 12.1 Å². The van der Waals surface area contributed by atoms with E-state index in [0.717, 1.165) is 21.8 Å². The highest BCUT2D eigenvalue weighted by Crippen LogP contribution is 2.28. The van der Waals surface area contributed by atoms with Crippen molar-refractivity contribution < 1.29 is 9.59 Å². The number of hydrogen-bond acceptors (Lipinski definition) is 6. The molecule has 1 unspecified atom stereocenters. The highest BCUT2D eigenvalue weighted by molar-refractivity contribution is 7.99. The molecule has 1 atom stereocenters. The van der Waals surface area contributed by atoms with Gasteiger partial charge >= 0.3 is 0 Å². The summed E-state index contributed by atoms with van der Waals surface area (Å²) in [5, 5.41) is 9.57. The summed E-state index contributed by atoms with van der Waals surface area (Å²) in [6.45, 7) is 4.04. The third kappa shape index (κ3) is 4.06. The summed E-state index contributed by atoms with van der Waals surface area (Å²) >= 11 is 2.97. The van der Waals surface area contributed by atoms with Gasteiger partial charge in [-0.1, -0.05) is 6.07 Å². The van der Waals surface area contributed by atoms with E-state index in [-0.39, 0.29) is 11.8 Å². The molecule has 3 heterocycles. The minimum atomic E-state index is -0.516. The van der Waals surface area contributed by atoms with Crippen molar-refractivity contribution in [1.29, 1.82) is 0 Å². The van der Waals surface area contributed by atoms with Gasteiger partial charge in [0.25, 0.3) is 5.91 Å². The van der Waals surface area contributed by atoms with Gasteiger partial charge in [-0.3, -0.25) is 14.3 Å². The average Bonchev–Trinajstić information content (AvgIpc) is 3.43. The summed E-state index contributed by atoms with van der Waals surface area (Å²) in [6.07, 6.45) is 3.58. The Hall–Kier alpha value is -2.65. The van der Waals surface area contributed by atoms with Gasteiger partial charge < -0.3 is 10.2 Å². The van der Waals surface area contributed by atoms with Crippen LogP contribution in [0.3, 0.4) is 0 Å². The van der Waals surface area contributed by atoms with Crippen LogP contribution in [0.5, 0.6) is 0 Å². The Bertz CT molecular complexity index is 1070. The quantitative estimate of drug-likeness (QED) is 0.691. The standard InChI is InChI=1S/C20H21N5O2S2/c1-12-4-5-15(6-13(12)2)22-18(26)17-10-28-11-25(17)20(27)16-9-29-19(23-16)14-7-21-24(3)8-14/h4-9,17H,10-11H2,1-3H3,(H,22,26). The number of carbonyl (C=O) groups excluding carboxylic acids is 2. The number of aromatic nitrogens is 3. The van der Waals surface area contributed by atoms with E-state index >= 15 is 0 Å². The summed E-state index contributed by atoms with van der Waals surface area (Å²) in [4.78, 5) is 31.9. The molecule has 1 fully saturated rings. The van der Waals surface area contributed by atoms with Gasteiger partial charge in [-0.2, -0.15) is 5.10 Å². The summed E-state index contributed by atoms with van der Waals surface area (Å²) in [6, 6.07) is 5.29. The Balaban J connectivity index is 1.49. The molecule has 150 valence electrons. The number of aryl methyl sites for hydroxylation is 3. The first-order valence-electron chi connectivity index (χ1n) is 9.14. The van der Waals surface area contributed by atoms with Crippen molar-refractivity contribution in [3.63, 3.8) is 0 Å². The molecule has 0 saturated carbocycles. The molecule has 4 rings (SSSR count). The molecule has 2 aromatic heterocycles. The maximum Gasteiger partial charge on any atom is 0.274 e. The van der Waals surface area contributed by atoms with E-state index in [0.29, 0.717) is 17.3 Å². The Morgan fingerprint density at radius 1 is 1.24 bits per heavy atom. The maximum atomic E-state index is 13.0. The van der Waals surface area contributed by atoms with Gasteiger partial charge in [-0.25, -0.2) is 4.98 Å². The minimum Gasteiger partial charge on any atom is -0.324 e. The highest BCUT2D eigenvalue weighted by Gasteiger charge is 2.36. The van der Waals surface area contributed by atoms with Crippen LogP contribution in [0.4, 0.5) is 5.69 Å². The van der Waals surface area contributed by atoms with E-state index in [2.05, 4.69) is 15.4 Å².